The number of carbonyl (C=O) groups is 1. The number of ketones is 1. The smallest absolute Gasteiger partial charge is 0.152 e. The van der Waals surface area contributed by atoms with Gasteiger partial charge < -0.3 is 4.74 Å². The Morgan fingerprint density at radius 1 is 1.20 bits per heavy atom. The van der Waals surface area contributed by atoms with E-state index >= 15 is 0 Å². The molecule has 1 aromatic rings. The Labute approximate surface area is 121 Å². The molecule has 0 spiro atoms. The van der Waals surface area contributed by atoms with E-state index < -0.39 is 0 Å². The highest BCUT2D eigenvalue weighted by atomic mass is 16.5. The van der Waals surface area contributed by atoms with Crippen LogP contribution in [0.2, 0.25) is 0 Å². The Morgan fingerprint density at radius 2 is 1.85 bits per heavy atom. The fourth-order valence-electron chi connectivity index (χ4n) is 2.83. The predicted octanol–water partition coefficient (Wildman–Crippen LogP) is 3.14. The van der Waals surface area contributed by atoms with Crippen LogP contribution in [-0.4, -0.2) is 35.4 Å². The fraction of sp³-hybridized carbons (Fsp3) is 0.588. The SMILES string of the molecule is CC(C)C(=O)[C@@H]1CC(Oc2ccccc2)CN1C(C)C. The second-order valence-electron chi connectivity index (χ2n) is 6.15. The van der Waals surface area contributed by atoms with E-state index in [4.69, 9.17) is 4.74 Å². The first-order valence-electron chi connectivity index (χ1n) is 7.50. The van der Waals surface area contributed by atoms with Gasteiger partial charge in [-0.1, -0.05) is 32.0 Å². The first-order chi connectivity index (χ1) is 9.49. The van der Waals surface area contributed by atoms with Gasteiger partial charge in [0.1, 0.15) is 11.9 Å². The van der Waals surface area contributed by atoms with E-state index in [1.165, 1.54) is 0 Å². The molecule has 3 heteroatoms. The van der Waals surface area contributed by atoms with Crippen molar-refractivity contribution in [1.29, 1.82) is 0 Å². The summed E-state index contributed by atoms with van der Waals surface area (Å²) in [6.07, 6.45) is 0.900. The Kier molecular flexibility index (Phi) is 4.81. The summed E-state index contributed by atoms with van der Waals surface area (Å²) in [6, 6.07) is 10.2. The van der Waals surface area contributed by atoms with Crippen molar-refractivity contribution in [3.8, 4) is 5.75 Å². The molecule has 3 nitrogen and oxygen atoms in total. The van der Waals surface area contributed by atoms with Crippen molar-refractivity contribution < 1.29 is 9.53 Å². The lowest BCUT2D eigenvalue weighted by Crippen LogP contribution is -2.42. The molecule has 1 fully saturated rings. The number of para-hydroxylation sites is 1. The van der Waals surface area contributed by atoms with Gasteiger partial charge in [-0.3, -0.25) is 9.69 Å². The topological polar surface area (TPSA) is 29.5 Å². The number of hydrogen-bond acceptors (Lipinski definition) is 3. The normalized spacial score (nSPS) is 23.5. The average Bonchev–Trinajstić information content (AvgIpc) is 2.83. The Bertz CT molecular complexity index is 442. The van der Waals surface area contributed by atoms with Gasteiger partial charge in [0.05, 0.1) is 6.04 Å². The highest BCUT2D eigenvalue weighted by Gasteiger charge is 2.39. The van der Waals surface area contributed by atoms with E-state index in [9.17, 15) is 4.79 Å². The summed E-state index contributed by atoms with van der Waals surface area (Å²) in [5.41, 5.74) is 0. The summed E-state index contributed by atoms with van der Waals surface area (Å²) in [5, 5.41) is 0. The molecular weight excluding hydrogens is 250 g/mol. The summed E-state index contributed by atoms with van der Waals surface area (Å²) < 4.78 is 6.02. The lowest BCUT2D eigenvalue weighted by Gasteiger charge is -2.27. The van der Waals surface area contributed by atoms with Gasteiger partial charge in [0.2, 0.25) is 0 Å². The van der Waals surface area contributed by atoms with Crippen molar-refractivity contribution in [2.75, 3.05) is 6.54 Å². The van der Waals surface area contributed by atoms with E-state index in [1.54, 1.807) is 0 Å². The molecule has 1 aliphatic rings. The van der Waals surface area contributed by atoms with Crippen LogP contribution >= 0.6 is 0 Å². The summed E-state index contributed by atoms with van der Waals surface area (Å²) in [4.78, 5) is 14.6. The van der Waals surface area contributed by atoms with Crippen molar-refractivity contribution in [3.05, 3.63) is 30.3 Å². The summed E-state index contributed by atoms with van der Waals surface area (Å²) in [5.74, 6) is 1.30. The quantitative estimate of drug-likeness (QED) is 0.827. The van der Waals surface area contributed by atoms with Gasteiger partial charge in [-0.25, -0.2) is 0 Å². The summed E-state index contributed by atoms with van der Waals surface area (Å²) in [7, 11) is 0. The number of likely N-dealkylation sites (tertiary alicyclic amines) is 1. The Morgan fingerprint density at radius 3 is 2.40 bits per heavy atom. The molecule has 0 N–H and O–H groups in total. The third-order valence-corrected chi connectivity index (χ3v) is 3.91. The lowest BCUT2D eigenvalue weighted by molar-refractivity contribution is -0.126. The maximum absolute atomic E-state index is 12.4. The Hall–Kier alpha value is -1.35. The second-order valence-corrected chi connectivity index (χ2v) is 6.15. The van der Waals surface area contributed by atoms with Gasteiger partial charge in [-0.05, 0) is 26.0 Å². The minimum absolute atomic E-state index is 0.00344. The van der Waals surface area contributed by atoms with Gasteiger partial charge >= 0.3 is 0 Å². The predicted molar refractivity (Wildman–Crippen MR) is 81.0 cm³/mol. The zero-order valence-electron chi connectivity index (χ0n) is 12.9. The number of carbonyl (C=O) groups excluding carboxylic acids is 1. The van der Waals surface area contributed by atoms with Crippen molar-refractivity contribution >= 4 is 5.78 Å². The molecule has 0 amide bonds. The molecule has 1 aliphatic heterocycles. The number of Topliss-reactive ketones (excluding diaryl/α,β-unsaturated/α-hetero) is 1. The zero-order chi connectivity index (χ0) is 14.7. The molecule has 0 aromatic heterocycles. The third-order valence-electron chi connectivity index (χ3n) is 3.91. The summed E-state index contributed by atoms with van der Waals surface area (Å²) in [6.45, 7) is 9.07. The maximum atomic E-state index is 12.4. The number of rotatable bonds is 5. The van der Waals surface area contributed by atoms with Crippen LogP contribution in [0.1, 0.15) is 34.1 Å². The van der Waals surface area contributed by atoms with Gasteiger partial charge in [0.25, 0.3) is 0 Å². The molecule has 0 aliphatic carbocycles. The van der Waals surface area contributed by atoms with Crippen molar-refractivity contribution in [2.45, 2.75) is 52.3 Å². The first kappa shape index (κ1) is 15.0. The third kappa shape index (κ3) is 3.40. The molecule has 1 unspecified atom stereocenters. The minimum Gasteiger partial charge on any atom is -0.489 e. The number of nitrogens with zero attached hydrogens (tertiary/aromatic N) is 1. The molecule has 1 heterocycles. The molecule has 0 bridgehead atoms. The molecule has 1 aromatic carbocycles. The maximum Gasteiger partial charge on any atom is 0.152 e. The van der Waals surface area contributed by atoms with Crippen molar-refractivity contribution in [3.63, 3.8) is 0 Å². The van der Waals surface area contributed by atoms with E-state index in [0.29, 0.717) is 11.8 Å². The van der Waals surface area contributed by atoms with Gasteiger partial charge in [-0.2, -0.15) is 0 Å². The Balaban J connectivity index is 2.06. The van der Waals surface area contributed by atoms with Crippen LogP contribution < -0.4 is 4.74 Å². The number of hydrogen-bond donors (Lipinski definition) is 0. The molecule has 20 heavy (non-hydrogen) atoms. The van der Waals surface area contributed by atoms with Crippen LogP contribution in [0.5, 0.6) is 5.75 Å². The van der Waals surface area contributed by atoms with E-state index in [2.05, 4.69) is 18.7 Å². The van der Waals surface area contributed by atoms with Crippen LogP contribution in [0, 0.1) is 5.92 Å². The van der Waals surface area contributed by atoms with Crippen molar-refractivity contribution in [2.24, 2.45) is 5.92 Å². The molecule has 2 rings (SSSR count). The molecule has 0 radical (unpaired) electrons. The largest absolute Gasteiger partial charge is 0.489 e. The van der Waals surface area contributed by atoms with E-state index in [-0.39, 0.29) is 18.1 Å². The summed E-state index contributed by atoms with van der Waals surface area (Å²) >= 11 is 0. The molecule has 0 saturated carbocycles. The zero-order valence-corrected chi connectivity index (χ0v) is 12.9. The number of benzene rings is 1. The van der Waals surface area contributed by atoms with E-state index in [1.807, 2.05) is 44.2 Å². The lowest BCUT2D eigenvalue weighted by atomic mass is 9.99. The van der Waals surface area contributed by atoms with Crippen LogP contribution in [0.3, 0.4) is 0 Å². The van der Waals surface area contributed by atoms with Crippen LogP contribution in [0.25, 0.3) is 0 Å². The molecular formula is C17H25NO2. The molecule has 110 valence electrons. The number of ether oxygens (including phenoxy) is 1. The van der Waals surface area contributed by atoms with Crippen LogP contribution in [0.15, 0.2) is 30.3 Å². The fourth-order valence-corrected chi connectivity index (χ4v) is 2.83. The van der Waals surface area contributed by atoms with Gasteiger partial charge in [0, 0.05) is 24.9 Å². The second kappa shape index (κ2) is 6.40. The van der Waals surface area contributed by atoms with Gasteiger partial charge in [0.15, 0.2) is 5.78 Å². The van der Waals surface area contributed by atoms with E-state index in [0.717, 1.165) is 18.7 Å². The first-order valence-corrected chi connectivity index (χ1v) is 7.50. The highest BCUT2D eigenvalue weighted by Crippen LogP contribution is 2.26. The van der Waals surface area contributed by atoms with Gasteiger partial charge in [-0.15, -0.1) is 0 Å². The molecule has 2 atom stereocenters. The molecule has 1 saturated heterocycles. The standard InChI is InChI=1S/C17H25NO2/c1-12(2)17(19)16-10-15(11-18(16)13(3)4)20-14-8-6-5-7-9-14/h5-9,12-13,15-16H,10-11H2,1-4H3/t15?,16-/m0/s1. The van der Waals surface area contributed by atoms with Crippen LogP contribution in [0.4, 0.5) is 0 Å². The highest BCUT2D eigenvalue weighted by molar-refractivity contribution is 5.86. The average molecular weight is 275 g/mol. The van der Waals surface area contributed by atoms with Crippen molar-refractivity contribution in [1.82, 2.24) is 4.90 Å². The minimum atomic E-state index is 0.00344. The monoisotopic (exact) mass is 275 g/mol. The van der Waals surface area contributed by atoms with Crippen LogP contribution in [-0.2, 0) is 4.79 Å².